The lowest BCUT2D eigenvalue weighted by Crippen LogP contribution is -2.39. The molecule has 3 aromatic carbocycles. The van der Waals surface area contributed by atoms with Crippen molar-refractivity contribution in [3.8, 4) is 5.75 Å². The van der Waals surface area contributed by atoms with E-state index in [1.54, 1.807) is 17.9 Å². The van der Waals surface area contributed by atoms with Crippen LogP contribution in [0, 0.1) is 0 Å². The molecule has 1 aliphatic heterocycles. The van der Waals surface area contributed by atoms with Gasteiger partial charge >= 0.3 is 5.97 Å². The predicted molar refractivity (Wildman–Crippen MR) is 123 cm³/mol. The van der Waals surface area contributed by atoms with E-state index in [-0.39, 0.29) is 24.0 Å². The highest BCUT2D eigenvalue weighted by Crippen LogP contribution is 2.29. The number of nitrogens with one attached hydrogen (secondary N) is 1. The molecule has 0 aromatic heterocycles. The minimum absolute atomic E-state index is 0.117. The summed E-state index contributed by atoms with van der Waals surface area (Å²) in [4.78, 5) is 39.1. The molecule has 1 N–H and O–H groups in total. The molecule has 0 radical (unpaired) electrons. The van der Waals surface area contributed by atoms with Gasteiger partial charge < -0.3 is 19.7 Å². The van der Waals surface area contributed by atoms with Gasteiger partial charge in [-0.3, -0.25) is 9.59 Å². The minimum atomic E-state index is -0.985. The molecule has 2 amide bonds. The Morgan fingerprint density at radius 1 is 0.970 bits per heavy atom. The third kappa shape index (κ3) is 5.57. The lowest BCUT2D eigenvalue weighted by atomic mass is 10.1. The fourth-order valence-electron chi connectivity index (χ4n) is 3.56. The first-order valence-corrected chi connectivity index (χ1v) is 10.6. The lowest BCUT2D eigenvalue weighted by molar-refractivity contribution is -0.141. The van der Waals surface area contributed by atoms with Crippen molar-refractivity contribution >= 4 is 23.5 Å². The van der Waals surface area contributed by atoms with E-state index in [2.05, 4.69) is 5.32 Å². The average Bonchev–Trinajstić information content (AvgIpc) is 2.84. The third-order valence-corrected chi connectivity index (χ3v) is 5.23. The molecule has 0 aliphatic carbocycles. The number of amides is 2. The molecule has 7 nitrogen and oxygen atoms in total. The molecule has 0 unspecified atom stereocenters. The zero-order valence-corrected chi connectivity index (χ0v) is 18.2. The molecule has 33 heavy (non-hydrogen) atoms. The number of rotatable bonds is 7. The summed E-state index contributed by atoms with van der Waals surface area (Å²) in [5.74, 6) is -0.803. The van der Waals surface area contributed by atoms with E-state index in [0.717, 1.165) is 11.1 Å². The maximum atomic E-state index is 13.3. The summed E-state index contributed by atoms with van der Waals surface area (Å²) in [6, 6.07) is 23.9. The molecule has 0 saturated heterocycles. The Balaban J connectivity index is 1.47. The van der Waals surface area contributed by atoms with Crippen LogP contribution in [0.15, 0.2) is 78.9 Å². The smallest absolute Gasteiger partial charge is 0.339 e. The highest BCUT2D eigenvalue weighted by Gasteiger charge is 2.26. The molecule has 4 rings (SSSR count). The minimum Gasteiger partial charge on any atom is -0.482 e. The van der Waals surface area contributed by atoms with Crippen LogP contribution in [0.3, 0.4) is 0 Å². The van der Waals surface area contributed by atoms with Gasteiger partial charge in [-0.2, -0.15) is 0 Å². The van der Waals surface area contributed by atoms with Gasteiger partial charge in [-0.25, -0.2) is 4.79 Å². The number of benzene rings is 3. The molecule has 0 saturated carbocycles. The molecule has 1 atom stereocenters. The monoisotopic (exact) mass is 444 g/mol. The number of anilines is 1. The van der Waals surface area contributed by atoms with Crippen molar-refractivity contribution in [1.29, 1.82) is 0 Å². The third-order valence-electron chi connectivity index (χ3n) is 5.23. The van der Waals surface area contributed by atoms with Crippen molar-refractivity contribution in [1.82, 2.24) is 4.90 Å². The highest BCUT2D eigenvalue weighted by molar-refractivity contribution is 5.98. The van der Waals surface area contributed by atoms with Gasteiger partial charge in [-0.15, -0.1) is 0 Å². The Bertz CT molecular complexity index is 1110. The van der Waals surface area contributed by atoms with Crippen LogP contribution in [0.2, 0.25) is 0 Å². The van der Waals surface area contributed by atoms with Gasteiger partial charge in [0.25, 0.3) is 11.8 Å². The predicted octanol–water partition coefficient (Wildman–Crippen LogP) is 3.79. The number of ether oxygens (including phenoxy) is 2. The Hall–Kier alpha value is -4.13. The van der Waals surface area contributed by atoms with Crippen LogP contribution in [0.5, 0.6) is 5.75 Å². The van der Waals surface area contributed by atoms with Crippen LogP contribution >= 0.6 is 0 Å². The molecule has 0 bridgehead atoms. The molecule has 1 heterocycles. The van der Waals surface area contributed by atoms with Crippen LogP contribution in [0.25, 0.3) is 0 Å². The Kier molecular flexibility index (Phi) is 6.69. The Morgan fingerprint density at radius 2 is 1.58 bits per heavy atom. The second-order valence-electron chi connectivity index (χ2n) is 7.76. The maximum absolute atomic E-state index is 13.3. The van der Waals surface area contributed by atoms with Crippen molar-refractivity contribution in [3.05, 3.63) is 95.6 Å². The summed E-state index contributed by atoms with van der Waals surface area (Å²) in [5, 5.41) is 2.67. The van der Waals surface area contributed by atoms with Crippen LogP contribution in [-0.4, -0.2) is 35.4 Å². The molecule has 7 heteroatoms. The Morgan fingerprint density at radius 3 is 2.18 bits per heavy atom. The largest absolute Gasteiger partial charge is 0.482 e. The standard InChI is InChI=1S/C26H24N2O5/c1-18(33-26(31)21-12-13-22-23(14-21)32-17-24(29)27-22)25(30)28(15-19-8-4-2-5-9-19)16-20-10-6-3-7-11-20/h2-14,18H,15-17H2,1H3,(H,27,29)/t18-/m1/s1. The first-order chi connectivity index (χ1) is 16.0. The number of fused-ring (bicyclic) bond motifs is 1. The van der Waals surface area contributed by atoms with E-state index >= 15 is 0 Å². The van der Waals surface area contributed by atoms with Crippen molar-refractivity contribution in [3.63, 3.8) is 0 Å². The molecule has 1 aliphatic rings. The van der Waals surface area contributed by atoms with E-state index in [1.807, 2.05) is 60.7 Å². The van der Waals surface area contributed by atoms with E-state index in [0.29, 0.717) is 24.5 Å². The number of nitrogens with zero attached hydrogens (tertiary/aromatic N) is 1. The van der Waals surface area contributed by atoms with Gasteiger partial charge in [0.2, 0.25) is 0 Å². The van der Waals surface area contributed by atoms with Gasteiger partial charge in [-0.05, 0) is 36.2 Å². The van der Waals surface area contributed by atoms with E-state index in [4.69, 9.17) is 9.47 Å². The van der Waals surface area contributed by atoms with E-state index in [9.17, 15) is 14.4 Å². The fourth-order valence-corrected chi connectivity index (χ4v) is 3.56. The average molecular weight is 444 g/mol. The summed E-state index contributed by atoms with van der Waals surface area (Å²) in [6.07, 6.45) is -0.985. The van der Waals surface area contributed by atoms with Crippen LogP contribution in [0.4, 0.5) is 5.69 Å². The lowest BCUT2D eigenvalue weighted by Gasteiger charge is -2.26. The number of carbonyl (C=O) groups excluding carboxylic acids is 3. The van der Waals surface area contributed by atoms with Crippen LogP contribution < -0.4 is 10.1 Å². The number of hydrogen-bond acceptors (Lipinski definition) is 5. The molecule has 0 fully saturated rings. The summed E-state index contributed by atoms with van der Waals surface area (Å²) in [6.45, 7) is 2.23. The summed E-state index contributed by atoms with van der Waals surface area (Å²) < 4.78 is 10.8. The number of hydrogen-bond donors (Lipinski definition) is 1. The zero-order chi connectivity index (χ0) is 23.2. The summed E-state index contributed by atoms with van der Waals surface area (Å²) >= 11 is 0. The van der Waals surface area contributed by atoms with E-state index < -0.39 is 12.1 Å². The number of carbonyl (C=O) groups is 3. The topological polar surface area (TPSA) is 84.9 Å². The van der Waals surface area contributed by atoms with Crippen LogP contribution in [-0.2, 0) is 27.4 Å². The highest BCUT2D eigenvalue weighted by atomic mass is 16.5. The van der Waals surface area contributed by atoms with Crippen molar-refractivity contribution in [2.75, 3.05) is 11.9 Å². The first kappa shape index (κ1) is 22.1. The first-order valence-electron chi connectivity index (χ1n) is 10.6. The molecule has 0 spiro atoms. The quantitative estimate of drug-likeness (QED) is 0.561. The molecule has 3 aromatic rings. The normalized spacial score (nSPS) is 13.2. The van der Waals surface area contributed by atoms with Crippen molar-refractivity contribution in [2.24, 2.45) is 0 Å². The van der Waals surface area contributed by atoms with Crippen molar-refractivity contribution < 1.29 is 23.9 Å². The van der Waals surface area contributed by atoms with Gasteiger partial charge in [0.05, 0.1) is 11.3 Å². The summed E-state index contributed by atoms with van der Waals surface area (Å²) in [7, 11) is 0. The van der Waals surface area contributed by atoms with Gasteiger partial charge in [0.1, 0.15) is 5.75 Å². The molecular formula is C26H24N2O5. The second kappa shape index (κ2) is 9.99. The molecular weight excluding hydrogens is 420 g/mol. The number of esters is 1. The SMILES string of the molecule is C[C@@H](OC(=O)c1ccc2c(c1)OCC(=O)N2)C(=O)N(Cc1ccccc1)Cc1ccccc1. The Labute approximate surface area is 191 Å². The van der Waals surface area contributed by atoms with Gasteiger partial charge in [0, 0.05) is 13.1 Å². The second-order valence-corrected chi connectivity index (χ2v) is 7.76. The summed E-state index contributed by atoms with van der Waals surface area (Å²) in [5.41, 5.74) is 2.69. The fraction of sp³-hybridized carbons (Fsp3) is 0.192. The molecule has 168 valence electrons. The van der Waals surface area contributed by atoms with Crippen LogP contribution in [0.1, 0.15) is 28.4 Å². The maximum Gasteiger partial charge on any atom is 0.339 e. The van der Waals surface area contributed by atoms with Gasteiger partial charge in [-0.1, -0.05) is 60.7 Å². The zero-order valence-electron chi connectivity index (χ0n) is 18.2. The van der Waals surface area contributed by atoms with Crippen molar-refractivity contribution in [2.45, 2.75) is 26.1 Å². The van der Waals surface area contributed by atoms with Gasteiger partial charge in [0.15, 0.2) is 12.7 Å². The van der Waals surface area contributed by atoms with E-state index in [1.165, 1.54) is 12.1 Å².